The van der Waals surface area contributed by atoms with Crippen LogP contribution in [0.2, 0.25) is 0 Å². The fourth-order valence-corrected chi connectivity index (χ4v) is 1.32. The third-order valence-electron chi connectivity index (χ3n) is 2.13. The standard InChI is InChI=1S/C11H19N.C5H8/c1-5-9-12(10-6-2)11(7-3)8-4;1-3-5-4-2/h5-7,10-11H,1,3,8-9H2,2,4H3;3-5H,1H2,2H3/b10-6+;5-4-. The first kappa shape index (κ1) is 17.9. The molecule has 0 aliphatic rings. The second kappa shape index (κ2) is 14.5. The van der Waals surface area contributed by atoms with E-state index in [9.17, 15) is 0 Å². The highest BCUT2D eigenvalue weighted by atomic mass is 15.1. The van der Waals surface area contributed by atoms with Gasteiger partial charge in [-0.1, -0.05) is 50.0 Å². The molecule has 0 saturated heterocycles. The normalized spacial score (nSPS) is 11.7. The molecule has 0 aromatic heterocycles. The lowest BCUT2D eigenvalue weighted by molar-refractivity contribution is 0.343. The molecule has 0 heterocycles. The van der Waals surface area contributed by atoms with Gasteiger partial charge in [0.25, 0.3) is 0 Å². The van der Waals surface area contributed by atoms with Crippen molar-refractivity contribution in [1.82, 2.24) is 4.90 Å². The van der Waals surface area contributed by atoms with Gasteiger partial charge in [-0.25, -0.2) is 0 Å². The molecular formula is C16H27N. The molecule has 17 heavy (non-hydrogen) atoms. The fourth-order valence-electron chi connectivity index (χ4n) is 1.32. The van der Waals surface area contributed by atoms with Gasteiger partial charge in [-0.05, 0) is 26.5 Å². The fraction of sp³-hybridized carbons (Fsp3) is 0.375. The lowest BCUT2D eigenvalue weighted by Crippen LogP contribution is -2.28. The molecule has 0 radical (unpaired) electrons. The number of hydrogen-bond donors (Lipinski definition) is 0. The van der Waals surface area contributed by atoms with Crippen LogP contribution in [0.1, 0.15) is 27.2 Å². The van der Waals surface area contributed by atoms with E-state index in [1.807, 2.05) is 44.2 Å². The van der Waals surface area contributed by atoms with E-state index < -0.39 is 0 Å². The van der Waals surface area contributed by atoms with E-state index in [1.165, 1.54) is 0 Å². The van der Waals surface area contributed by atoms with Gasteiger partial charge >= 0.3 is 0 Å². The molecule has 0 spiro atoms. The largest absolute Gasteiger partial charge is 0.368 e. The minimum absolute atomic E-state index is 0.430. The molecule has 0 aliphatic heterocycles. The van der Waals surface area contributed by atoms with Crippen molar-refractivity contribution in [2.24, 2.45) is 0 Å². The lowest BCUT2D eigenvalue weighted by Gasteiger charge is -2.25. The van der Waals surface area contributed by atoms with E-state index >= 15 is 0 Å². The van der Waals surface area contributed by atoms with Crippen molar-refractivity contribution in [3.05, 3.63) is 62.4 Å². The van der Waals surface area contributed by atoms with E-state index in [2.05, 4.69) is 37.8 Å². The van der Waals surface area contributed by atoms with Gasteiger partial charge in [0.1, 0.15) is 0 Å². The van der Waals surface area contributed by atoms with Crippen molar-refractivity contribution in [1.29, 1.82) is 0 Å². The van der Waals surface area contributed by atoms with Crippen LogP contribution in [0.3, 0.4) is 0 Å². The maximum Gasteiger partial charge on any atom is 0.0465 e. The Morgan fingerprint density at radius 2 is 1.76 bits per heavy atom. The van der Waals surface area contributed by atoms with E-state index in [-0.39, 0.29) is 0 Å². The van der Waals surface area contributed by atoms with Crippen LogP contribution in [0.25, 0.3) is 0 Å². The molecule has 0 N–H and O–H groups in total. The maximum absolute atomic E-state index is 3.81. The molecule has 0 saturated carbocycles. The van der Waals surface area contributed by atoms with Gasteiger partial charge in [0.15, 0.2) is 0 Å². The quantitative estimate of drug-likeness (QED) is 0.454. The van der Waals surface area contributed by atoms with E-state index in [0.717, 1.165) is 13.0 Å². The van der Waals surface area contributed by atoms with Crippen LogP contribution in [-0.2, 0) is 0 Å². The Bertz CT molecular complexity index is 248. The van der Waals surface area contributed by atoms with Crippen molar-refractivity contribution in [2.75, 3.05) is 6.54 Å². The molecule has 1 unspecified atom stereocenters. The first-order chi connectivity index (χ1) is 8.21. The second-order valence-corrected chi connectivity index (χ2v) is 3.44. The number of nitrogens with zero attached hydrogens (tertiary/aromatic N) is 1. The Kier molecular flexibility index (Phi) is 15.3. The predicted molar refractivity (Wildman–Crippen MR) is 81.0 cm³/mol. The molecule has 0 bridgehead atoms. The average molecular weight is 233 g/mol. The summed E-state index contributed by atoms with van der Waals surface area (Å²) in [6, 6.07) is 0.430. The molecule has 0 amide bonds. The van der Waals surface area contributed by atoms with Crippen LogP contribution in [0.4, 0.5) is 0 Å². The van der Waals surface area contributed by atoms with Crippen LogP contribution in [0.5, 0.6) is 0 Å². The molecule has 1 heteroatoms. The molecular weight excluding hydrogens is 206 g/mol. The minimum atomic E-state index is 0.430. The number of allylic oxidation sites excluding steroid dienone is 4. The number of hydrogen-bond acceptors (Lipinski definition) is 1. The van der Waals surface area contributed by atoms with Crippen LogP contribution in [0.15, 0.2) is 62.4 Å². The Balaban J connectivity index is 0. The number of rotatable bonds is 7. The van der Waals surface area contributed by atoms with Gasteiger partial charge in [-0.15, -0.1) is 13.2 Å². The predicted octanol–water partition coefficient (Wildman–Crippen LogP) is 4.72. The molecule has 0 aliphatic carbocycles. The highest BCUT2D eigenvalue weighted by molar-refractivity contribution is 4.95. The molecule has 1 nitrogen and oxygen atoms in total. The lowest BCUT2D eigenvalue weighted by atomic mass is 10.2. The summed E-state index contributed by atoms with van der Waals surface area (Å²) in [6.07, 6.45) is 14.7. The first-order valence-corrected chi connectivity index (χ1v) is 6.07. The molecule has 1 atom stereocenters. The second-order valence-electron chi connectivity index (χ2n) is 3.44. The van der Waals surface area contributed by atoms with Crippen molar-refractivity contribution < 1.29 is 0 Å². The summed E-state index contributed by atoms with van der Waals surface area (Å²) in [5, 5.41) is 0. The molecule has 0 rings (SSSR count). The molecule has 0 aromatic rings. The topological polar surface area (TPSA) is 3.24 Å². The van der Waals surface area contributed by atoms with Gasteiger partial charge in [0.2, 0.25) is 0 Å². The Hall–Kier alpha value is -1.50. The van der Waals surface area contributed by atoms with E-state index in [1.54, 1.807) is 6.08 Å². The van der Waals surface area contributed by atoms with E-state index in [0.29, 0.717) is 6.04 Å². The average Bonchev–Trinajstić information content (AvgIpc) is 2.33. The van der Waals surface area contributed by atoms with Crippen LogP contribution >= 0.6 is 0 Å². The summed E-state index contributed by atoms with van der Waals surface area (Å²) in [5.74, 6) is 0. The zero-order valence-corrected chi connectivity index (χ0v) is 11.6. The van der Waals surface area contributed by atoms with Crippen molar-refractivity contribution in [3.63, 3.8) is 0 Å². The van der Waals surface area contributed by atoms with Crippen molar-refractivity contribution in [2.45, 2.75) is 33.2 Å². The highest BCUT2D eigenvalue weighted by Crippen LogP contribution is 2.05. The Morgan fingerprint density at radius 3 is 2.00 bits per heavy atom. The van der Waals surface area contributed by atoms with Crippen LogP contribution < -0.4 is 0 Å². The van der Waals surface area contributed by atoms with Gasteiger partial charge in [-0.2, -0.15) is 0 Å². The summed E-state index contributed by atoms with van der Waals surface area (Å²) >= 11 is 0. The van der Waals surface area contributed by atoms with Gasteiger partial charge in [0, 0.05) is 12.6 Å². The Labute approximate surface area is 108 Å². The maximum atomic E-state index is 3.81. The smallest absolute Gasteiger partial charge is 0.0465 e. The summed E-state index contributed by atoms with van der Waals surface area (Å²) in [5.41, 5.74) is 0. The summed E-state index contributed by atoms with van der Waals surface area (Å²) < 4.78 is 0. The van der Waals surface area contributed by atoms with Crippen molar-refractivity contribution in [3.8, 4) is 0 Å². The van der Waals surface area contributed by atoms with Crippen LogP contribution in [-0.4, -0.2) is 17.5 Å². The molecule has 0 fully saturated rings. The first-order valence-electron chi connectivity index (χ1n) is 6.07. The van der Waals surface area contributed by atoms with Gasteiger partial charge in [0.05, 0.1) is 0 Å². The monoisotopic (exact) mass is 233 g/mol. The van der Waals surface area contributed by atoms with Crippen LogP contribution in [0, 0.1) is 0 Å². The highest BCUT2D eigenvalue weighted by Gasteiger charge is 2.06. The zero-order valence-electron chi connectivity index (χ0n) is 11.6. The summed E-state index contributed by atoms with van der Waals surface area (Å²) in [6.45, 7) is 18.0. The SMILES string of the molecule is C=C/C=C\C.C=CCN(/C=C/C)C(C=C)CC. The Morgan fingerprint density at radius 1 is 1.12 bits per heavy atom. The third kappa shape index (κ3) is 10.8. The summed E-state index contributed by atoms with van der Waals surface area (Å²) in [7, 11) is 0. The minimum Gasteiger partial charge on any atom is -0.368 e. The van der Waals surface area contributed by atoms with Crippen molar-refractivity contribution >= 4 is 0 Å². The summed E-state index contributed by atoms with van der Waals surface area (Å²) in [4.78, 5) is 2.22. The van der Waals surface area contributed by atoms with E-state index in [4.69, 9.17) is 0 Å². The molecule has 0 aromatic carbocycles. The third-order valence-corrected chi connectivity index (χ3v) is 2.13. The zero-order chi connectivity index (χ0) is 13.5. The van der Waals surface area contributed by atoms with Gasteiger partial charge in [-0.3, -0.25) is 0 Å². The van der Waals surface area contributed by atoms with Gasteiger partial charge < -0.3 is 4.90 Å². The molecule has 96 valence electrons.